The summed E-state index contributed by atoms with van der Waals surface area (Å²) < 4.78 is 88.4. The Labute approximate surface area is 271 Å². The van der Waals surface area contributed by atoms with Crippen LogP contribution in [0.3, 0.4) is 0 Å². The number of sulfonamides is 1. The minimum absolute atomic E-state index is 0.0191. The average Bonchev–Trinajstić information content (AvgIpc) is 3.60. The Hall–Kier alpha value is -4.72. The van der Waals surface area contributed by atoms with Gasteiger partial charge in [-0.15, -0.1) is 5.10 Å². The molecule has 0 saturated carbocycles. The minimum atomic E-state index is -4.22. The van der Waals surface area contributed by atoms with E-state index >= 15 is 0 Å². The summed E-state index contributed by atoms with van der Waals surface area (Å²) in [6.07, 6.45) is 1.48. The molecule has 2 heterocycles. The second kappa shape index (κ2) is 12.5. The topological polar surface area (TPSA) is 107 Å². The fourth-order valence-electron chi connectivity index (χ4n) is 5.44. The third kappa shape index (κ3) is 6.33. The lowest BCUT2D eigenvalue weighted by atomic mass is 10.1. The maximum absolute atomic E-state index is 14.3. The van der Waals surface area contributed by atoms with Crippen molar-refractivity contribution in [2.45, 2.75) is 50.2 Å². The molecule has 0 aliphatic carbocycles. The molecular weight excluding hydrogens is 645 g/mol. The molecule has 13 heteroatoms. The van der Waals surface area contributed by atoms with Crippen molar-refractivity contribution in [3.8, 4) is 0 Å². The Morgan fingerprint density at radius 2 is 1.40 bits per heavy atom. The lowest BCUT2D eigenvalue weighted by molar-refractivity contribution is 0.391. The molecule has 0 N–H and O–H groups in total. The molecule has 6 rings (SSSR count). The number of halogens is 2. The van der Waals surface area contributed by atoms with Crippen molar-refractivity contribution in [3.63, 3.8) is 0 Å². The Morgan fingerprint density at radius 3 is 2.06 bits per heavy atom. The van der Waals surface area contributed by atoms with Gasteiger partial charge in [0.2, 0.25) is 10.0 Å². The molecule has 2 aromatic heterocycles. The number of hydrogen-bond donors (Lipinski definition) is 0. The second-order valence-electron chi connectivity index (χ2n) is 11.4. The highest BCUT2D eigenvalue weighted by Gasteiger charge is 2.32. The zero-order chi connectivity index (χ0) is 33.5. The predicted molar refractivity (Wildman–Crippen MR) is 174 cm³/mol. The third-order valence-electron chi connectivity index (χ3n) is 8.02. The van der Waals surface area contributed by atoms with Crippen molar-refractivity contribution in [1.82, 2.24) is 23.3 Å². The summed E-state index contributed by atoms with van der Waals surface area (Å²) in [5, 5.41) is 8.85. The first-order valence-corrected chi connectivity index (χ1v) is 17.5. The van der Waals surface area contributed by atoms with E-state index in [1.54, 1.807) is 55.5 Å². The van der Waals surface area contributed by atoms with Gasteiger partial charge in [-0.3, -0.25) is 0 Å². The van der Waals surface area contributed by atoms with Crippen LogP contribution < -0.4 is 0 Å². The first kappa shape index (κ1) is 32.2. The van der Waals surface area contributed by atoms with Crippen molar-refractivity contribution < 1.29 is 25.6 Å². The molecule has 0 saturated heterocycles. The minimum Gasteiger partial charge on any atom is -0.248 e. The fourth-order valence-corrected chi connectivity index (χ4v) is 8.41. The summed E-state index contributed by atoms with van der Waals surface area (Å²) in [5.41, 5.74) is 3.47. The molecule has 6 aromatic rings. The van der Waals surface area contributed by atoms with Crippen LogP contribution in [0.2, 0.25) is 0 Å². The summed E-state index contributed by atoms with van der Waals surface area (Å²) >= 11 is 0. The van der Waals surface area contributed by atoms with Gasteiger partial charge in [0.05, 0.1) is 52.5 Å². The second-order valence-corrected chi connectivity index (χ2v) is 15.1. The maximum Gasteiger partial charge on any atom is 0.268 e. The van der Waals surface area contributed by atoms with Gasteiger partial charge in [-0.1, -0.05) is 64.9 Å². The smallest absolute Gasteiger partial charge is 0.248 e. The van der Waals surface area contributed by atoms with Gasteiger partial charge in [0, 0.05) is 17.0 Å². The van der Waals surface area contributed by atoms with Crippen molar-refractivity contribution in [1.29, 1.82) is 0 Å². The number of hydrogen-bond acceptors (Lipinski definition) is 6. The van der Waals surface area contributed by atoms with E-state index in [9.17, 15) is 25.6 Å². The fraction of sp³-hybridized carbons (Fsp3) is 0.176. The van der Waals surface area contributed by atoms with Crippen LogP contribution in [-0.2, 0) is 39.7 Å². The zero-order valence-corrected chi connectivity index (χ0v) is 27.4. The van der Waals surface area contributed by atoms with Crippen molar-refractivity contribution >= 4 is 30.9 Å². The Balaban J connectivity index is 1.45. The largest absolute Gasteiger partial charge is 0.268 e. The molecule has 0 spiro atoms. The number of fused-ring (bicyclic) bond motifs is 1. The SMILES string of the molecule is Cc1ccc(S(=O)(=O)N(Cc2cn(Cc3ccc(F)cc3F)nn2)Cc2c(C)c3ccccc3n2S(=O)(=O)c2ccc(C)cc2)cc1. The predicted octanol–water partition coefficient (Wildman–Crippen LogP) is 6.11. The van der Waals surface area contributed by atoms with Gasteiger partial charge in [-0.25, -0.2) is 34.3 Å². The number of aromatic nitrogens is 4. The molecule has 0 atom stereocenters. The number of benzene rings is 4. The van der Waals surface area contributed by atoms with E-state index in [0.717, 1.165) is 27.6 Å². The number of nitrogens with zero attached hydrogens (tertiary/aromatic N) is 5. The van der Waals surface area contributed by atoms with E-state index in [-0.39, 0.29) is 46.4 Å². The normalized spacial score (nSPS) is 12.3. The Morgan fingerprint density at radius 1 is 0.766 bits per heavy atom. The van der Waals surface area contributed by atoms with E-state index in [2.05, 4.69) is 10.3 Å². The van der Waals surface area contributed by atoms with Gasteiger partial charge in [-0.2, -0.15) is 4.31 Å². The van der Waals surface area contributed by atoms with Crippen LogP contribution in [-0.4, -0.2) is 40.1 Å². The van der Waals surface area contributed by atoms with E-state index in [1.165, 1.54) is 45.2 Å². The summed E-state index contributed by atoms with van der Waals surface area (Å²) in [7, 11) is -8.38. The van der Waals surface area contributed by atoms with Gasteiger partial charge in [-0.05, 0) is 62.7 Å². The lowest BCUT2D eigenvalue weighted by Crippen LogP contribution is -2.32. The van der Waals surface area contributed by atoms with Crippen LogP contribution in [0.1, 0.15) is 33.6 Å². The van der Waals surface area contributed by atoms with Gasteiger partial charge >= 0.3 is 0 Å². The van der Waals surface area contributed by atoms with Gasteiger partial charge in [0.15, 0.2) is 0 Å². The highest BCUT2D eigenvalue weighted by atomic mass is 32.2. The molecular formula is C34H31F2N5O4S2. The van der Waals surface area contributed by atoms with Crippen molar-refractivity contribution in [2.24, 2.45) is 0 Å². The van der Waals surface area contributed by atoms with E-state index in [4.69, 9.17) is 0 Å². The highest BCUT2D eigenvalue weighted by Crippen LogP contribution is 2.32. The molecule has 0 fully saturated rings. The molecule has 0 unspecified atom stereocenters. The number of rotatable bonds is 10. The van der Waals surface area contributed by atoms with Crippen LogP contribution in [0.5, 0.6) is 0 Å². The van der Waals surface area contributed by atoms with E-state index in [1.807, 2.05) is 13.8 Å². The van der Waals surface area contributed by atoms with E-state index in [0.29, 0.717) is 16.5 Å². The molecule has 47 heavy (non-hydrogen) atoms. The number of aryl methyl sites for hydroxylation is 3. The molecule has 0 aliphatic heterocycles. The summed E-state index contributed by atoms with van der Waals surface area (Å²) in [6.45, 7) is 4.81. The zero-order valence-electron chi connectivity index (χ0n) is 25.8. The van der Waals surface area contributed by atoms with Gasteiger partial charge in [0.25, 0.3) is 10.0 Å². The molecule has 0 amide bonds. The quantitative estimate of drug-likeness (QED) is 0.173. The maximum atomic E-state index is 14.3. The van der Waals surface area contributed by atoms with Gasteiger partial charge < -0.3 is 0 Å². The third-order valence-corrected chi connectivity index (χ3v) is 11.6. The van der Waals surface area contributed by atoms with Crippen molar-refractivity contribution in [2.75, 3.05) is 0 Å². The molecule has 0 aliphatic rings. The molecule has 0 bridgehead atoms. The monoisotopic (exact) mass is 675 g/mol. The van der Waals surface area contributed by atoms with E-state index < -0.39 is 31.7 Å². The standard InChI is InChI=1S/C34H31F2N5O4S2/c1-23-8-14-29(15-9-23)46(42,43)40(21-28-20-39(38-37-28)19-26-12-13-27(35)18-32(26)36)22-34-25(3)31-6-4-5-7-33(31)41(34)47(44,45)30-16-10-24(2)11-17-30/h4-18,20H,19,21-22H2,1-3H3. The van der Waals surface area contributed by atoms with Crippen LogP contribution in [0.15, 0.2) is 107 Å². The summed E-state index contributed by atoms with van der Waals surface area (Å²) in [5.74, 6) is -1.46. The summed E-state index contributed by atoms with van der Waals surface area (Å²) in [4.78, 5) is 0.0830. The van der Waals surface area contributed by atoms with Gasteiger partial charge in [0.1, 0.15) is 11.6 Å². The first-order valence-electron chi connectivity index (χ1n) is 14.7. The highest BCUT2D eigenvalue weighted by molar-refractivity contribution is 7.90. The Kier molecular flexibility index (Phi) is 8.55. The first-order chi connectivity index (χ1) is 22.3. The van der Waals surface area contributed by atoms with Crippen LogP contribution in [0.25, 0.3) is 10.9 Å². The average molecular weight is 676 g/mol. The molecule has 242 valence electrons. The molecule has 4 aromatic carbocycles. The number of para-hydroxylation sites is 1. The molecule has 0 radical (unpaired) electrons. The van der Waals surface area contributed by atoms with Crippen molar-refractivity contribution in [3.05, 3.63) is 142 Å². The van der Waals surface area contributed by atoms with Crippen LogP contribution in [0.4, 0.5) is 8.78 Å². The summed E-state index contributed by atoms with van der Waals surface area (Å²) in [6, 6.07) is 23.1. The molecule has 9 nitrogen and oxygen atoms in total. The lowest BCUT2D eigenvalue weighted by Gasteiger charge is -2.23. The van der Waals surface area contributed by atoms with Crippen LogP contribution >= 0.6 is 0 Å². The van der Waals surface area contributed by atoms with Crippen LogP contribution in [0, 0.1) is 32.4 Å². The Bertz CT molecular complexity index is 2320.